The molecule has 78 valence electrons. The Morgan fingerprint density at radius 3 is 2.31 bits per heavy atom. The van der Waals surface area contributed by atoms with E-state index in [0.717, 1.165) is 0 Å². The van der Waals surface area contributed by atoms with Crippen LogP contribution in [0.2, 0.25) is 0 Å². The number of methoxy groups -OCH3 is 1. The molecule has 0 aromatic heterocycles. The molecule has 1 aliphatic rings. The van der Waals surface area contributed by atoms with Gasteiger partial charge in [-0.05, 0) is 0 Å². The minimum absolute atomic E-state index is 0.496. The van der Waals surface area contributed by atoms with Crippen molar-refractivity contribution < 1.29 is 24.8 Å². The fourth-order valence-corrected chi connectivity index (χ4v) is 1.97. The van der Waals surface area contributed by atoms with Gasteiger partial charge in [0.25, 0.3) is 0 Å². The molecule has 0 aromatic carbocycles. The smallest absolute Gasteiger partial charge is 0.186 e. The van der Waals surface area contributed by atoms with Crippen molar-refractivity contribution in [3.63, 3.8) is 0 Å². The molecule has 0 saturated carbocycles. The van der Waals surface area contributed by atoms with E-state index in [1.165, 1.54) is 7.11 Å². The molecule has 1 saturated heterocycles. The van der Waals surface area contributed by atoms with Crippen molar-refractivity contribution in [2.45, 2.75) is 30.7 Å². The van der Waals surface area contributed by atoms with Gasteiger partial charge in [-0.1, -0.05) is 22.6 Å². The molecule has 1 fully saturated rings. The number of hydrogen-bond donors (Lipinski definition) is 3. The number of hydrogen-bond acceptors (Lipinski definition) is 5. The van der Waals surface area contributed by atoms with Crippen molar-refractivity contribution in [1.29, 1.82) is 0 Å². The quantitative estimate of drug-likeness (QED) is 0.445. The zero-order chi connectivity index (χ0) is 10.0. The third-order valence-corrected chi connectivity index (χ3v) is 2.92. The molecule has 3 N–H and O–H groups in total. The summed E-state index contributed by atoms with van der Waals surface area (Å²) in [5.74, 6) is 0. The fourth-order valence-electron chi connectivity index (χ4n) is 1.24. The van der Waals surface area contributed by atoms with E-state index in [1.54, 1.807) is 0 Å². The second kappa shape index (κ2) is 4.85. The Bertz CT molecular complexity index is 147. The van der Waals surface area contributed by atoms with Crippen LogP contribution in [0.25, 0.3) is 0 Å². The number of aliphatic hydroxyl groups excluding tert-OH is 3. The first kappa shape index (κ1) is 11.6. The van der Waals surface area contributed by atoms with Crippen molar-refractivity contribution in [1.82, 2.24) is 0 Å². The lowest BCUT2D eigenvalue weighted by molar-refractivity contribution is -0.284. The third kappa shape index (κ3) is 2.31. The van der Waals surface area contributed by atoms with E-state index in [1.807, 2.05) is 22.6 Å². The van der Waals surface area contributed by atoms with Crippen LogP contribution in [0.5, 0.6) is 0 Å². The van der Waals surface area contributed by atoms with Crippen molar-refractivity contribution in [2.24, 2.45) is 0 Å². The van der Waals surface area contributed by atoms with Crippen LogP contribution in [-0.2, 0) is 9.47 Å². The molecule has 0 unspecified atom stereocenters. The highest BCUT2D eigenvalue weighted by Gasteiger charge is 2.43. The predicted molar refractivity (Wildman–Crippen MR) is 52.6 cm³/mol. The second-order valence-corrected chi connectivity index (χ2v) is 3.79. The summed E-state index contributed by atoms with van der Waals surface area (Å²) in [5.41, 5.74) is 0. The zero-order valence-electron chi connectivity index (χ0n) is 7.13. The van der Waals surface area contributed by atoms with E-state index in [9.17, 15) is 15.3 Å². The van der Waals surface area contributed by atoms with Gasteiger partial charge in [-0.2, -0.15) is 0 Å². The Balaban J connectivity index is 2.66. The third-order valence-electron chi connectivity index (χ3n) is 2.05. The van der Waals surface area contributed by atoms with E-state index in [0.29, 0.717) is 4.43 Å². The van der Waals surface area contributed by atoms with Crippen LogP contribution in [0, 0.1) is 0 Å². The molecular formula is C7H13IO5. The molecule has 0 aromatic rings. The van der Waals surface area contributed by atoms with Gasteiger partial charge in [0.15, 0.2) is 6.29 Å². The molecule has 5 nitrogen and oxygen atoms in total. The lowest BCUT2D eigenvalue weighted by atomic mass is 10.0. The van der Waals surface area contributed by atoms with E-state index in [4.69, 9.17) is 9.47 Å². The van der Waals surface area contributed by atoms with Gasteiger partial charge in [0.1, 0.15) is 18.3 Å². The molecule has 1 rings (SSSR count). The number of alkyl halides is 1. The van der Waals surface area contributed by atoms with Gasteiger partial charge < -0.3 is 24.8 Å². The Hall–Kier alpha value is 0.530. The van der Waals surface area contributed by atoms with Gasteiger partial charge in [-0.3, -0.25) is 0 Å². The minimum atomic E-state index is -1.21. The summed E-state index contributed by atoms with van der Waals surface area (Å²) in [6.45, 7) is 0. The fraction of sp³-hybridized carbons (Fsp3) is 1.00. The van der Waals surface area contributed by atoms with E-state index in [-0.39, 0.29) is 0 Å². The van der Waals surface area contributed by atoms with Gasteiger partial charge in [0.2, 0.25) is 0 Å². The summed E-state index contributed by atoms with van der Waals surface area (Å²) in [4.78, 5) is 0. The van der Waals surface area contributed by atoms with Gasteiger partial charge in [0.05, 0.1) is 6.10 Å². The predicted octanol–water partition coefficient (Wildman–Crippen LogP) is -1.12. The molecule has 1 heterocycles. The number of halogens is 1. The molecule has 6 heteroatoms. The summed E-state index contributed by atoms with van der Waals surface area (Å²) in [5, 5.41) is 28.2. The molecule has 0 spiro atoms. The van der Waals surface area contributed by atoms with E-state index >= 15 is 0 Å². The van der Waals surface area contributed by atoms with Gasteiger partial charge in [-0.25, -0.2) is 0 Å². The standard InChI is InChI=1S/C7H13IO5/c1-12-7-6(11)5(10)4(9)3(2-8)13-7/h3-7,9-11H,2H2,1H3/t3-,4+,5+,6-,7+/m1/s1. The zero-order valence-corrected chi connectivity index (χ0v) is 9.29. The number of aliphatic hydroxyl groups is 3. The summed E-state index contributed by atoms with van der Waals surface area (Å²) < 4.78 is 10.5. The minimum Gasteiger partial charge on any atom is -0.388 e. The largest absolute Gasteiger partial charge is 0.388 e. The van der Waals surface area contributed by atoms with Crippen LogP contribution < -0.4 is 0 Å². The highest BCUT2D eigenvalue weighted by molar-refractivity contribution is 14.1. The molecule has 5 atom stereocenters. The first-order chi connectivity index (χ1) is 6.11. The van der Waals surface area contributed by atoms with Crippen LogP contribution in [0.3, 0.4) is 0 Å². The first-order valence-corrected chi connectivity index (χ1v) is 5.42. The lowest BCUT2D eigenvalue weighted by Crippen LogP contribution is -2.58. The molecule has 0 radical (unpaired) electrons. The van der Waals surface area contributed by atoms with Gasteiger partial charge in [0, 0.05) is 11.5 Å². The highest BCUT2D eigenvalue weighted by atomic mass is 127. The Labute approximate surface area is 89.8 Å². The summed E-state index contributed by atoms with van der Waals surface area (Å²) in [6.07, 6.45) is -4.82. The SMILES string of the molecule is CO[C@H]1O[C@H](CI)[C@H](O)[C@H](O)[C@H]1O. The number of rotatable bonds is 2. The highest BCUT2D eigenvalue weighted by Crippen LogP contribution is 2.22. The van der Waals surface area contributed by atoms with Crippen LogP contribution in [-0.4, -0.2) is 57.6 Å². The van der Waals surface area contributed by atoms with Crippen molar-refractivity contribution in [3.8, 4) is 0 Å². The maximum atomic E-state index is 9.43. The average molecular weight is 304 g/mol. The molecule has 0 bridgehead atoms. The van der Waals surface area contributed by atoms with Gasteiger partial charge >= 0.3 is 0 Å². The summed E-state index contributed by atoms with van der Waals surface area (Å²) >= 11 is 2.03. The van der Waals surface area contributed by atoms with Crippen LogP contribution in [0.1, 0.15) is 0 Å². The normalized spacial score (nSPS) is 46.4. The Morgan fingerprint density at radius 1 is 1.23 bits per heavy atom. The maximum Gasteiger partial charge on any atom is 0.186 e. The molecule has 1 aliphatic heterocycles. The van der Waals surface area contributed by atoms with Crippen molar-refractivity contribution in [3.05, 3.63) is 0 Å². The van der Waals surface area contributed by atoms with E-state index < -0.39 is 30.7 Å². The van der Waals surface area contributed by atoms with Gasteiger partial charge in [-0.15, -0.1) is 0 Å². The molecule has 13 heavy (non-hydrogen) atoms. The van der Waals surface area contributed by atoms with Crippen LogP contribution in [0.4, 0.5) is 0 Å². The summed E-state index contributed by atoms with van der Waals surface area (Å²) in [7, 11) is 1.38. The number of ether oxygens (including phenoxy) is 2. The van der Waals surface area contributed by atoms with Crippen molar-refractivity contribution >= 4 is 22.6 Å². The molecular weight excluding hydrogens is 291 g/mol. The second-order valence-electron chi connectivity index (χ2n) is 2.90. The topological polar surface area (TPSA) is 79.2 Å². The Morgan fingerprint density at radius 2 is 1.85 bits per heavy atom. The van der Waals surface area contributed by atoms with Crippen LogP contribution in [0.15, 0.2) is 0 Å². The lowest BCUT2D eigenvalue weighted by Gasteiger charge is -2.39. The molecule has 0 aliphatic carbocycles. The monoisotopic (exact) mass is 304 g/mol. The molecule has 0 amide bonds. The van der Waals surface area contributed by atoms with E-state index in [2.05, 4.69) is 0 Å². The maximum absolute atomic E-state index is 9.43. The Kier molecular flexibility index (Phi) is 4.33. The summed E-state index contributed by atoms with van der Waals surface area (Å²) in [6, 6.07) is 0. The first-order valence-electron chi connectivity index (χ1n) is 3.90. The van der Waals surface area contributed by atoms with Crippen LogP contribution >= 0.6 is 22.6 Å². The van der Waals surface area contributed by atoms with Crippen molar-refractivity contribution in [2.75, 3.05) is 11.5 Å². The average Bonchev–Trinajstić information content (AvgIpc) is 2.15.